The van der Waals surface area contributed by atoms with Crippen molar-refractivity contribution in [1.82, 2.24) is 0 Å². The van der Waals surface area contributed by atoms with E-state index in [-0.39, 0.29) is 11.3 Å². The van der Waals surface area contributed by atoms with E-state index in [4.69, 9.17) is 25.3 Å². The van der Waals surface area contributed by atoms with Crippen molar-refractivity contribution in [1.29, 1.82) is 15.8 Å². The summed E-state index contributed by atoms with van der Waals surface area (Å²) >= 11 is 0. The minimum atomic E-state index is -0.301. The first-order valence-corrected chi connectivity index (χ1v) is 6.85. The molecule has 2 aromatic rings. The fraction of sp³-hybridized carbons (Fsp3) is 0.0556. The van der Waals surface area contributed by atoms with Crippen LogP contribution in [0.1, 0.15) is 0 Å². The van der Waals surface area contributed by atoms with Crippen molar-refractivity contribution in [3.63, 3.8) is 0 Å². The third-order valence-corrected chi connectivity index (χ3v) is 3.02. The van der Waals surface area contributed by atoms with Crippen LogP contribution in [-0.2, 0) is 0 Å². The Morgan fingerprint density at radius 3 is 2.00 bits per heavy atom. The topological polar surface area (TPSA) is 102 Å². The summed E-state index contributed by atoms with van der Waals surface area (Å²) in [4.78, 5) is 0. The molecule has 2 rings (SSSR count). The van der Waals surface area contributed by atoms with Gasteiger partial charge in [-0.3, -0.25) is 0 Å². The molecule has 0 unspecified atom stereocenters. The number of methoxy groups -OCH3 is 1. The van der Waals surface area contributed by atoms with Crippen molar-refractivity contribution in [2.24, 2.45) is 0 Å². The van der Waals surface area contributed by atoms with Gasteiger partial charge in [0.25, 0.3) is 0 Å². The number of ether oxygens (including phenoxy) is 2. The fourth-order valence-corrected chi connectivity index (χ4v) is 1.90. The second-order valence-corrected chi connectivity index (χ2v) is 4.46. The maximum Gasteiger partial charge on any atom is 0.169 e. The molecule has 0 fully saturated rings. The highest BCUT2D eigenvalue weighted by atomic mass is 16.5. The van der Waals surface area contributed by atoms with Crippen LogP contribution < -0.4 is 14.8 Å². The molecule has 1 N–H and O–H groups in total. The maximum absolute atomic E-state index is 9.15. The van der Waals surface area contributed by atoms with Gasteiger partial charge >= 0.3 is 0 Å². The summed E-state index contributed by atoms with van der Waals surface area (Å²) in [5, 5.41) is 29.7. The van der Waals surface area contributed by atoms with Gasteiger partial charge < -0.3 is 14.8 Å². The van der Waals surface area contributed by atoms with E-state index in [0.717, 1.165) is 0 Å². The second kappa shape index (κ2) is 7.89. The van der Waals surface area contributed by atoms with E-state index in [9.17, 15) is 0 Å². The molecule has 0 aliphatic carbocycles. The second-order valence-electron chi connectivity index (χ2n) is 4.46. The van der Waals surface area contributed by atoms with E-state index in [0.29, 0.717) is 22.9 Å². The Balaban J connectivity index is 2.39. The van der Waals surface area contributed by atoms with E-state index in [1.165, 1.54) is 7.11 Å². The molecular weight excluding hydrogens is 304 g/mol. The SMILES string of the molecule is COc1ccccc1Oc1ccccc1NC(C#N)=C(C#N)C#N. The lowest BCUT2D eigenvalue weighted by Gasteiger charge is -2.14. The molecule has 0 aliphatic heterocycles. The largest absolute Gasteiger partial charge is 0.493 e. The third-order valence-electron chi connectivity index (χ3n) is 3.02. The van der Waals surface area contributed by atoms with Gasteiger partial charge in [-0.2, -0.15) is 15.8 Å². The minimum absolute atomic E-state index is 0.143. The van der Waals surface area contributed by atoms with Crippen LogP contribution in [0.3, 0.4) is 0 Å². The zero-order valence-corrected chi connectivity index (χ0v) is 12.8. The average molecular weight is 316 g/mol. The monoisotopic (exact) mass is 316 g/mol. The zero-order valence-electron chi connectivity index (χ0n) is 12.8. The van der Waals surface area contributed by atoms with Gasteiger partial charge in [0, 0.05) is 0 Å². The maximum atomic E-state index is 9.15. The van der Waals surface area contributed by atoms with Crippen molar-refractivity contribution >= 4 is 5.69 Å². The van der Waals surface area contributed by atoms with Crippen LogP contribution >= 0.6 is 0 Å². The molecule has 0 atom stereocenters. The first kappa shape index (κ1) is 16.4. The van der Waals surface area contributed by atoms with Crippen molar-refractivity contribution in [2.75, 3.05) is 12.4 Å². The lowest BCUT2D eigenvalue weighted by atomic mass is 10.2. The fourth-order valence-electron chi connectivity index (χ4n) is 1.90. The van der Waals surface area contributed by atoms with Crippen molar-refractivity contribution in [3.8, 4) is 35.5 Å². The molecule has 0 aliphatic rings. The number of hydrogen-bond acceptors (Lipinski definition) is 6. The number of benzene rings is 2. The van der Waals surface area contributed by atoms with Crippen LogP contribution in [0.25, 0.3) is 0 Å². The summed E-state index contributed by atoms with van der Waals surface area (Å²) < 4.78 is 11.1. The summed E-state index contributed by atoms with van der Waals surface area (Å²) in [6.07, 6.45) is 0. The molecule has 0 radical (unpaired) electrons. The van der Waals surface area contributed by atoms with Crippen molar-refractivity contribution in [3.05, 3.63) is 59.8 Å². The number of nitrogens with one attached hydrogen (secondary N) is 1. The number of nitrogens with zero attached hydrogens (tertiary/aromatic N) is 3. The number of hydrogen-bond donors (Lipinski definition) is 1. The molecule has 0 saturated heterocycles. The van der Waals surface area contributed by atoms with Gasteiger partial charge in [-0.15, -0.1) is 0 Å². The van der Waals surface area contributed by atoms with Gasteiger partial charge in [0.1, 0.15) is 23.9 Å². The Morgan fingerprint density at radius 1 is 0.833 bits per heavy atom. The molecule has 0 saturated carbocycles. The van der Waals surface area contributed by atoms with Crippen LogP contribution in [0.2, 0.25) is 0 Å². The predicted molar refractivity (Wildman–Crippen MR) is 87.0 cm³/mol. The van der Waals surface area contributed by atoms with E-state index in [1.54, 1.807) is 54.6 Å². The first-order valence-electron chi connectivity index (χ1n) is 6.85. The highest BCUT2D eigenvalue weighted by molar-refractivity contribution is 5.65. The average Bonchev–Trinajstić information content (AvgIpc) is 2.63. The smallest absolute Gasteiger partial charge is 0.169 e. The molecule has 116 valence electrons. The van der Waals surface area contributed by atoms with Crippen LogP contribution in [0.4, 0.5) is 5.69 Å². The molecule has 0 bridgehead atoms. The van der Waals surface area contributed by atoms with E-state index >= 15 is 0 Å². The highest BCUT2D eigenvalue weighted by Crippen LogP contribution is 2.35. The number of rotatable bonds is 5. The number of allylic oxidation sites excluding steroid dienone is 2. The Kier molecular flexibility index (Phi) is 5.40. The summed E-state index contributed by atoms with van der Waals surface area (Å²) in [7, 11) is 1.54. The molecule has 6 heteroatoms. The molecule has 0 heterocycles. The normalized spacial score (nSPS) is 8.92. The van der Waals surface area contributed by atoms with Gasteiger partial charge in [-0.05, 0) is 24.3 Å². The van der Waals surface area contributed by atoms with Crippen LogP contribution in [0, 0.1) is 34.0 Å². The zero-order chi connectivity index (χ0) is 17.4. The summed E-state index contributed by atoms with van der Waals surface area (Å²) in [6, 6.07) is 19.2. The molecule has 6 nitrogen and oxygen atoms in total. The highest BCUT2D eigenvalue weighted by Gasteiger charge is 2.12. The van der Waals surface area contributed by atoms with E-state index in [2.05, 4.69) is 5.32 Å². The first-order chi connectivity index (χ1) is 11.7. The minimum Gasteiger partial charge on any atom is -0.493 e. The lowest BCUT2D eigenvalue weighted by Crippen LogP contribution is -2.02. The van der Waals surface area contributed by atoms with Gasteiger partial charge in [0.2, 0.25) is 0 Å². The molecule has 2 aromatic carbocycles. The Hall–Kier alpha value is -3.95. The molecule has 24 heavy (non-hydrogen) atoms. The van der Waals surface area contributed by atoms with Gasteiger partial charge in [-0.1, -0.05) is 24.3 Å². The van der Waals surface area contributed by atoms with E-state index in [1.807, 2.05) is 12.1 Å². The summed E-state index contributed by atoms with van der Waals surface area (Å²) in [6.45, 7) is 0. The standard InChI is InChI=1S/C18H12N4O2/c1-23-17-8-4-5-9-18(17)24-16-7-3-2-6-14(16)22-15(12-21)13(10-19)11-20/h2-9,22H,1H3. The quantitative estimate of drug-likeness (QED) is 0.843. The van der Waals surface area contributed by atoms with Gasteiger partial charge in [-0.25, -0.2) is 0 Å². The van der Waals surface area contributed by atoms with Gasteiger partial charge in [0.15, 0.2) is 22.8 Å². The number of nitriles is 3. The number of anilines is 1. The molecule has 0 spiro atoms. The predicted octanol–water partition coefficient (Wildman–Crippen LogP) is 3.72. The van der Waals surface area contributed by atoms with Crippen LogP contribution in [-0.4, -0.2) is 7.11 Å². The van der Waals surface area contributed by atoms with Crippen molar-refractivity contribution in [2.45, 2.75) is 0 Å². The Labute approximate surface area is 139 Å². The summed E-state index contributed by atoms with van der Waals surface area (Å²) in [5.41, 5.74) is 0.00336. The lowest BCUT2D eigenvalue weighted by molar-refractivity contribution is 0.379. The Bertz CT molecular complexity index is 882. The third kappa shape index (κ3) is 3.62. The summed E-state index contributed by atoms with van der Waals surface area (Å²) in [5.74, 6) is 1.47. The Morgan fingerprint density at radius 2 is 1.42 bits per heavy atom. The molecule has 0 aromatic heterocycles. The van der Waals surface area contributed by atoms with Crippen molar-refractivity contribution < 1.29 is 9.47 Å². The molecular formula is C18H12N4O2. The van der Waals surface area contributed by atoms with Gasteiger partial charge in [0.05, 0.1) is 12.8 Å². The van der Waals surface area contributed by atoms with E-state index < -0.39 is 0 Å². The van der Waals surface area contributed by atoms with Crippen LogP contribution in [0.5, 0.6) is 17.2 Å². The number of para-hydroxylation sites is 4. The van der Waals surface area contributed by atoms with Crippen LogP contribution in [0.15, 0.2) is 59.8 Å². The molecule has 0 amide bonds.